The van der Waals surface area contributed by atoms with E-state index in [-0.39, 0.29) is 25.4 Å². The highest BCUT2D eigenvalue weighted by Crippen LogP contribution is 2.12. The molecule has 0 aliphatic rings. The van der Waals surface area contributed by atoms with E-state index in [2.05, 4.69) is 15.3 Å². The highest BCUT2D eigenvalue weighted by Gasteiger charge is 2.10. The van der Waals surface area contributed by atoms with Gasteiger partial charge in [0.05, 0.1) is 28.2 Å². The third-order valence-electron chi connectivity index (χ3n) is 4.40. The summed E-state index contributed by atoms with van der Waals surface area (Å²) < 4.78 is 3.18. The molecule has 1 aromatic carbocycles. The van der Waals surface area contributed by atoms with E-state index in [1.54, 1.807) is 53.2 Å². The fraction of sp³-hybridized carbons (Fsp3) is 0.158. The van der Waals surface area contributed by atoms with E-state index in [0.29, 0.717) is 21.6 Å². The van der Waals surface area contributed by atoms with Gasteiger partial charge in [-0.1, -0.05) is 23.7 Å². The number of aromatic amines is 1. The zero-order valence-corrected chi connectivity index (χ0v) is 15.4. The molecule has 4 aromatic rings. The molecule has 0 fully saturated rings. The number of pyridine rings is 1. The summed E-state index contributed by atoms with van der Waals surface area (Å²) in [6, 6.07) is 10.3. The second-order valence-corrected chi connectivity index (χ2v) is 6.74. The number of nitrogens with zero attached hydrogens (tertiary/aromatic N) is 3. The smallest absolute Gasteiger partial charge is 0.328 e. The first-order valence-electron chi connectivity index (χ1n) is 8.63. The molecular weight excluding hydrogens is 382 g/mol. The monoisotopic (exact) mass is 397 g/mol. The average Bonchev–Trinajstić information content (AvgIpc) is 3.08. The molecule has 0 aliphatic carbocycles. The fourth-order valence-corrected chi connectivity index (χ4v) is 3.23. The molecule has 0 atom stereocenters. The first-order chi connectivity index (χ1) is 13.5. The van der Waals surface area contributed by atoms with E-state index in [1.165, 1.54) is 4.57 Å². The number of aryl methyl sites for hydroxylation is 1. The second kappa shape index (κ2) is 7.32. The minimum absolute atomic E-state index is 0.0924. The van der Waals surface area contributed by atoms with Gasteiger partial charge in [0, 0.05) is 25.4 Å². The Kier molecular flexibility index (Phi) is 4.70. The quantitative estimate of drug-likeness (QED) is 0.535. The maximum atomic E-state index is 12.2. The summed E-state index contributed by atoms with van der Waals surface area (Å²) in [4.78, 5) is 42.9. The Labute approximate surface area is 163 Å². The second-order valence-electron chi connectivity index (χ2n) is 6.30. The molecule has 0 saturated carbocycles. The Morgan fingerprint density at radius 2 is 1.96 bits per heavy atom. The van der Waals surface area contributed by atoms with Crippen LogP contribution in [0.2, 0.25) is 5.02 Å². The molecule has 1 amide bonds. The predicted molar refractivity (Wildman–Crippen MR) is 105 cm³/mol. The molecule has 0 spiro atoms. The number of imidazole rings is 1. The lowest BCUT2D eigenvalue weighted by Gasteiger charge is -2.09. The largest absolute Gasteiger partial charge is 0.350 e. The standard InChI is InChI=1S/C19H16ClN5O3/c20-12-5-6-16-22-13(11-24(16)10-12)9-21-17(26)7-8-25-15-4-2-1-3-14(15)18(27)23-19(25)28/h1-6,10-11H,7-9H2,(H,21,26)(H,23,27,28). The van der Waals surface area contributed by atoms with Crippen LogP contribution in [0.3, 0.4) is 0 Å². The van der Waals surface area contributed by atoms with Gasteiger partial charge in [-0.15, -0.1) is 0 Å². The number of aromatic nitrogens is 4. The minimum atomic E-state index is -0.534. The number of nitrogens with one attached hydrogen (secondary N) is 2. The molecule has 28 heavy (non-hydrogen) atoms. The Morgan fingerprint density at radius 3 is 2.82 bits per heavy atom. The first-order valence-corrected chi connectivity index (χ1v) is 9.01. The van der Waals surface area contributed by atoms with Gasteiger partial charge in [-0.2, -0.15) is 0 Å². The number of hydrogen-bond donors (Lipinski definition) is 2. The van der Waals surface area contributed by atoms with E-state index in [0.717, 1.165) is 5.65 Å². The van der Waals surface area contributed by atoms with Gasteiger partial charge in [0.2, 0.25) is 5.91 Å². The molecule has 2 N–H and O–H groups in total. The van der Waals surface area contributed by atoms with Crippen LogP contribution in [0.15, 0.2) is 58.4 Å². The summed E-state index contributed by atoms with van der Waals surface area (Å²) in [6.07, 6.45) is 3.62. The van der Waals surface area contributed by atoms with Crippen molar-refractivity contribution in [3.05, 3.63) is 80.3 Å². The Hall–Kier alpha value is -3.39. The molecule has 0 aliphatic heterocycles. The summed E-state index contributed by atoms with van der Waals surface area (Å²) >= 11 is 5.95. The lowest BCUT2D eigenvalue weighted by Crippen LogP contribution is -2.32. The summed E-state index contributed by atoms with van der Waals surface area (Å²) in [5, 5.41) is 3.79. The number of carbonyl (C=O) groups excluding carboxylic acids is 1. The van der Waals surface area contributed by atoms with Crippen LogP contribution in [-0.2, 0) is 17.9 Å². The number of H-pyrrole nitrogens is 1. The number of carbonyl (C=O) groups is 1. The minimum Gasteiger partial charge on any atom is -0.350 e. The average molecular weight is 398 g/mol. The van der Waals surface area contributed by atoms with Gasteiger partial charge >= 0.3 is 5.69 Å². The van der Waals surface area contributed by atoms with Gasteiger partial charge in [-0.25, -0.2) is 9.78 Å². The van der Waals surface area contributed by atoms with E-state index in [4.69, 9.17) is 11.6 Å². The topological polar surface area (TPSA) is 101 Å². The number of hydrogen-bond acceptors (Lipinski definition) is 4. The SMILES string of the molecule is O=C(CCn1c(=O)[nH]c(=O)c2ccccc21)NCc1cn2cc(Cl)ccc2n1. The third-order valence-corrected chi connectivity index (χ3v) is 4.62. The van der Waals surface area contributed by atoms with Crippen LogP contribution < -0.4 is 16.6 Å². The van der Waals surface area contributed by atoms with Crippen molar-refractivity contribution in [3.8, 4) is 0 Å². The van der Waals surface area contributed by atoms with Gasteiger partial charge in [0.25, 0.3) is 5.56 Å². The van der Waals surface area contributed by atoms with Crippen LogP contribution in [0.4, 0.5) is 0 Å². The molecule has 9 heteroatoms. The van der Waals surface area contributed by atoms with Crippen molar-refractivity contribution in [2.24, 2.45) is 0 Å². The molecule has 4 rings (SSSR count). The van der Waals surface area contributed by atoms with E-state index in [1.807, 2.05) is 0 Å². The molecule has 0 unspecified atom stereocenters. The number of fused-ring (bicyclic) bond motifs is 2. The maximum absolute atomic E-state index is 12.2. The van der Waals surface area contributed by atoms with Gasteiger partial charge < -0.3 is 9.72 Å². The molecule has 3 aromatic heterocycles. The van der Waals surface area contributed by atoms with Crippen molar-refractivity contribution in [3.63, 3.8) is 0 Å². The van der Waals surface area contributed by atoms with E-state index >= 15 is 0 Å². The zero-order chi connectivity index (χ0) is 19.7. The normalized spacial score (nSPS) is 11.2. The summed E-state index contributed by atoms with van der Waals surface area (Å²) in [5.74, 6) is -0.225. The highest BCUT2D eigenvalue weighted by atomic mass is 35.5. The lowest BCUT2D eigenvalue weighted by molar-refractivity contribution is -0.121. The van der Waals surface area contributed by atoms with Crippen LogP contribution >= 0.6 is 11.6 Å². The summed E-state index contributed by atoms with van der Waals surface area (Å²) in [7, 11) is 0. The Morgan fingerprint density at radius 1 is 1.14 bits per heavy atom. The van der Waals surface area contributed by atoms with Crippen LogP contribution in [0.1, 0.15) is 12.1 Å². The van der Waals surface area contributed by atoms with Crippen molar-refractivity contribution in [1.29, 1.82) is 0 Å². The van der Waals surface area contributed by atoms with Crippen molar-refractivity contribution < 1.29 is 4.79 Å². The van der Waals surface area contributed by atoms with Crippen molar-refractivity contribution in [2.45, 2.75) is 19.5 Å². The molecule has 3 heterocycles. The number of amides is 1. The molecule has 0 radical (unpaired) electrons. The molecule has 142 valence electrons. The van der Waals surface area contributed by atoms with Crippen LogP contribution in [-0.4, -0.2) is 24.8 Å². The summed E-state index contributed by atoms with van der Waals surface area (Å²) in [5.41, 5.74) is 0.963. The van der Waals surface area contributed by atoms with Crippen LogP contribution in [0.25, 0.3) is 16.6 Å². The van der Waals surface area contributed by atoms with E-state index < -0.39 is 11.2 Å². The van der Waals surface area contributed by atoms with E-state index in [9.17, 15) is 14.4 Å². The van der Waals surface area contributed by atoms with Gasteiger partial charge in [-0.3, -0.25) is 19.1 Å². The predicted octanol–water partition coefficient (Wildman–Crippen LogP) is 1.70. The summed E-state index contributed by atoms with van der Waals surface area (Å²) in [6.45, 7) is 0.419. The first kappa shape index (κ1) is 18.0. The Balaban J connectivity index is 1.44. The number of benzene rings is 1. The molecular formula is C19H16ClN5O3. The zero-order valence-electron chi connectivity index (χ0n) is 14.7. The fourth-order valence-electron chi connectivity index (χ4n) is 3.06. The molecule has 0 bridgehead atoms. The third kappa shape index (κ3) is 3.54. The molecule has 0 saturated heterocycles. The number of rotatable bonds is 5. The van der Waals surface area contributed by atoms with Crippen molar-refractivity contribution in [2.75, 3.05) is 0 Å². The van der Waals surface area contributed by atoms with Gasteiger partial charge in [-0.05, 0) is 24.3 Å². The lowest BCUT2D eigenvalue weighted by atomic mass is 10.2. The van der Waals surface area contributed by atoms with Gasteiger partial charge in [0.1, 0.15) is 5.65 Å². The Bertz CT molecular complexity index is 1300. The van der Waals surface area contributed by atoms with Crippen molar-refractivity contribution >= 4 is 34.1 Å². The van der Waals surface area contributed by atoms with Crippen LogP contribution in [0, 0.1) is 0 Å². The van der Waals surface area contributed by atoms with Gasteiger partial charge in [0.15, 0.2) is 0 Å². The van der Waals surface area contributed by atoms with Crippen molar-refractivity contribution in [1.82, 2.24) is 24.3 Å². The highest BCUT2D eigenvalue weighted by molar-refractivity contribution is 6.30. The number of halogens is 1. The maximum Gasteiger partial charge on any atom is 0.328 e. The molecule has 8 nitrogen and oxygen atoms in total. The van der Waals surface area contributed by atoms with Crippen LogP contribution in [0.5, 0.6) is 0 Å². The number of para-hydroxylation sites is 1.